The molecule has 2 aliphatic rings. The summed E-state index contributed by atoms with van der Waals surface area (Å²) < 4.78 is 0. The molecule has 1 heterocycles. The Balaban J connectivity index is 2.05. The van der Waals surface area contributed by atoms with E-state index in [0.717, 1.165) is 59.4 Å². The van der Waals surface area contributed by atoms with Crippen LogP contribution in [0.3, 0.4) is 0 Å². The van der Waals surface area contributed by atoms with Gasteiger partial charge in [0.15, 0.2) is 0 Å². The van der Waals surface area contributed by atoms with Gasteiger partial charge in [-0.2, -0.15) is 10.5 Å². The van der Waals surface area contributed by atoms with Gasteiger partial charge in [-0.05, 0) is 24.0 Å². The number of rotatable bonds is 2. The molecule has 0 N–H and O–H groups in total. The molecule has 2 aromatic carbocycles. The topological polar surface area (TPSA) is 50.8 Å². The third-order valence-electron chi connectivity index (χ3n) is 5.88. The second-order valence-corrected chi connectivity index (χ2v) is 7.25. The summed E-state index contributed by atoms with van der Waals surface area (Å²) in [5.41, 5.74) is 4.92. The minimum absolute atomic E-state index is 0.466. The Kier molecular flexibility index (Phi) is 4.30. The van der Waals surface area contributed by atoms with Gasteiger partial charge in [0, 0.05) is 12.5 Å². The van der Waals surface area contributed by atoms with Crippen molar-refractivity contribution >= 4 is 11.4 Å². The van der Waals surface area contributed by atoms with Crippen LogP contribution in [0.5, 0.6) is 0 Å². The summed E-state index contributed by atoms with van der Waals surface area (Å²) in [5.74, 6) is 0. The Hall–Kier alpha value is -3.30. The molecule has 1 aliphatic heterocycles. The van der Waals surface area contributed by atoms with Gasteiger partial charge in [-0.3, -0.25) is 0 Å². The van der Waals surface area contributed by atoms with Crippen LogP contribution in [0.2, 0.25) is 0 Å². The minimum atomic E-state index is -0.466. The van der Waals surface area contributed by atoms with E-state index in [9.17, 15) is 10.5 Å². The normalized spacial score (nSPS) is 18.6. The van der Waals surface area contributed by atoms with E-state index in [-0.39, 0.29) is 0 Å². The van der Waals surface area contributed by atoms with E-state index in [1.165, 1.54) is 0 Å². The predicted molar refractivity (Wildman–Crippen MR) is 107 cm³/mol. The quantitative estimate of drug-likeness (QED) is 0.731. The van der Waals surface area contributed by atoms with Crippen molar-refractivity contribution in [2.24, 2.45) is 5.41 Å². The van der Waals surface area contributed by atoms with Crippen LogP contribution in [0, 0.1) is 28.1 Å². The molecule has 1 spiro atoms. The van der Waals surface area contributed by atoms with E-state index < -0.39 is 5.41 Å². The highest BCUT2D eigenvalue weighted by Gasteiger charge is 2.48. The number of benzene rings is 2. The minimum Gasteiger partial charge on any atom is -0.342 e. The molecular weight excluding hydrogens is 330 g/mol. The van der Waals surface area contributed by atoms with Crippen molar-refractivity contribution in [2.75, 3.05) is 7.05 Å². The molecule has 0 atom stereocenters. The van der Waals surface area contributed by atoms with Gasteiger partial charge in [0.2, 0.25) is 0 Å². The lowest BCUT2D eigenvalue weighted by Gasteiger charge is -2.41. The molecule has 1 aliphatic carbocycles. The van der Waals surface area contributed by atoms with Crippen LogP contribution < -0.4 is 0 Å². The first-order valence-corrected chi connectivity index (χ1v) is 9.37. The number of nitrogens with zero attached hydrogens (tertiary/aromatic N) is 3. The van der Waals surface area contributed by atoms with Gasteiger partial charge >= 0.3 is 0 Å². The molecule has 0 saturated heterocycles. The van der Waals surface area contributed by atoms with Gasteiger partial charge in [-0.1, -0.05) is 73.5 Å². The van der Waals surface area contributed by atoms with Crippen molar-refractivity contribution < 1.29 is 0 Å². The molecule has 0 amide bonds. The smallest absolute Gasteiger partial charge is 0.0979 e. The fourth-order valence-corrected chi connectivity index (χ4v) is 4.69. The Bertz CT molecular complexity index is 918. The number of allylic oxidation sites excluding steroid dienone is 2. The zero-order chi connectivity index (χ0) is 18.9. The first-order chi connectivity index (χ1) is 13.2. The van der Waals surface area contributed by atoms with Crippen molar-refractivity contribution in [2.45, 2.75) is 25.7 Å². The molecule has 3 nitrogen and oxygen atoms in total. The maximum atomic E-state index is 10.2. The SMILES string of the molecule is CN1C(c2ccccc2)=C(C#N)C2(CCCC2)C(C#N)=C1c1ccccc1. The van der Waals surface area contributed by atoms with Crippen molar-refractivity contribution in [3.8, 4) is 12.1 Å². The predicted octanol–water partition coefficient (Wildman–Crippen LogP) is 5.36. The zero-order valence-electron chi connectivity index (χ0n) is 15.4. The number of hydrogen-bond acceptors (Lipinski definition) is 3. The molecule has 0 radical (unpaired) electrons. The second-order valence-electron chi connectivity index (χ2n) is 7.25. The van der Waals surface area contributed by atoms with Crippen LogP contribution >= 0.6 is 0 Å². The van der Waals surface area contributed by atoms with Gasteiger partial charge in [0.1, 0.15) is 0 Å². The molecule has 2 aromatic rings. The van der Waals surface area contributed by atoms with Gasteiger partial charge in [0.05, 0.1) is 34.7 Å². The Morgan fingerprint density at radius 2 is 1.15 bits per heavy atom. The van der Waals surface area contributed by atoms with Gasteiger partial charge in [0.25, 0.3) is 0 Å². The van der Waals surface area contributed by atoms with Crippen LogP contribution in [0.25, 0.3) is 11.4 Å². The summed E-state index contributed by atoms with van der Waals surface area (Å²) in [4.78, 5) is 2.05. The Morgan fingerprint density at radius 3 is 1.52 bits per heavy atom. The molecule has 4 rings (SSSR count). The Morgan fingerprint density at radius 1 is 0.741 bits per heavy atom. The maximum absolute atomic E-state index is 10.2. The van der Waals surface area contributed by atoms with Gasteiger partial charge < -0.3 is 4.90 Å². The zero-order valence-corrected chi connectivity index (χ0v) is 15.4. The highest BCUT2D eigenvalue weighted by molar-refractivity contribution is 5.88. The van der Waals surface area contributed by atoms with Crippen LogP contribution in [0.4, 0.5) is 0 Å². The number of hydrogen-bond donors (Lipinski definition) is 0. The standard InChI is InChI=1S/C24H21N3/c1-27-22(18-10-4-2-5-11-18)20(16-25)24(14-8-9-15-24)21(17-26)23(27)19-12-6-3-7-13-19/h2-7,10-13H,8-9,14-15H2,1H3. The largest absolute Gasteiger partial charge is 0.342 e. The summed E-state index contributed by atoms with van der Waals surface area (Å²) >= 11 is 0. The van der Waals surface area contributed by atoms with Crippen LogP contribution in [-0.4, -0.2) is 11.9 Å². The molecule has 0 bridgehead atoms. The molecule has 0 unspecified atom stereocenters. The molecule has 1 fully saturated rings. The van der Waals surface area contributed by atoms with Crippen molar-refractivity contribution in [1.29, 1.82) is 10.5 Å². The summed E-state index contributed by atoms with van der Waals surface area (Å²) in [6.07, 6.45) is 3.81. The highest BCUT2D eigenvalue weighted by atomic mass is 15.1. The van der Waals surface area contributed by atoms with Crippen LogP contribution in [0.15, 0.2) is 71.8 Å². The van der Waals surface area contributed by atoms with Crippen molar-refractivity contribution in [3.05, 3.63) is 82.9 Å². The van der Waals surface area contributed by atoms with E-state index in [2.05, 4.69) is 12.1 Å². The van der Waals surface area contributed by atoms with Crippen molar-refractivity contribution in [3.63, 3.8) is 0 Å². The first-order valence-electron chi connectivity index (χ1n) is 9.37. The number of nitriles is 2. The van der Waals surface area contributed by atoms with Crippen LogP contribution in [0.1, 0.15) is 36.8 Å². The molecule has 132 valence electrons. The van der Waals surface area contributed by atoms with E-state index in [0.29, 0.717) is 0 Å². The lowest BCUT2D eigenvalue weighted by Crippen LogP contribution is -2.34. The van der Waals surface area contributed by atoms with Gasteiger partial charge in [-0.25, -0.2) is 0 Å². The lowest BCUT2D eigenvalue weighted by atomic mass is 9.68. The van der Waals surface area contributed by atoms with E-state index in [4.69, 9.17) is 0 Å². The Labute approximate surface area is 160 Å². The fourth-order valence-electron chi connectivity index (χ4n) is 4.69. The second kappa shape index (κ2) is 6.78. The van der Waals surface area contributed by atoms with Crippen molar-refractivity contribution in [1.82, 2.24) is 4.90 Å². The molecule has 3 heteroatoms. The fraction of sp³-hybridized carbons (Fsp3) is 0.250. The monoisotopic (exact) mass is 351 g/mol. The van der Waals surface area contributed by atoms with E-state index >= 15 is 0 Å². The summed E-state index contributed by atoms with van der Waals surface area (Å²) in [6, 6.07) is 25.2. The van der Waals surface area contributed by atoms with E-state index in [1.807, 2.05) is 72.6 Å². The molecule has 1 saturated carbocycles. The summed E-state index contributed by atoms with van der Waals surface area (Å²) in [5, 5.41) is 20.3. The maximum Gasteiger partial charge on any atom is 0.0979 e. The highest BCUT2D eigenvalue weighted by Crippen LogP contribution is 2.57. The third-order valence-corrected chi connectivity index (χ3v) is 5.88. The lowest BCUT2D eigenvalue weighted by molar-refractivity contribution is 0.445. The molecule has 27 heavy (non-hydrogen) atoms. The first kappa shape index (κ1) is 17.1. The average molecular weight is 351 g/mol. The van der Waals surface area contributed by atoms with Gasteiger partial charge in [-0.15, -0.1) is 0 Å². The molecular formula is C24H21N3. The summed E-state index contributed by atoms with van der Waals surface area (Å²) in [7, 11) is 1.97. The van der Waals surface area contributed by atoms with Crippen LogP contribution in [-0.2, 0) is 0 Å². The average Bonchev–Trinajstić information content (AvgIpc) is 3.20. The summed E-state index contributed by atoms with van der Waals surface area (Å²) in [6.45, 7) is 0. The van der Waals surface area contributed by atoms with E-state index in [1.54, 1.807) is 0 Å². The third kappa shape index (κ3) is 2.56. The molecule has 0 aromatic heterocycles.